The Morgan fingerprint density at radius 2 is 1.81 bits per heavy atom. The summed E-state index contributed by atoms with van der Waals surface area (Å²) in [6.07, 6.45) is 2.34. The molecule has 0 atom stereocenters. The maximum absolute atomic E-state index is 11.5. The molecule has 0 N–H and O–H groups in total. The predicted octanol–water partition coefficient (Wildman–Crippen LogP) is 1.75. The Labute approximate surface area is 131 Å². The average molecular weight is 329 g/mol. The van der Waals surface area contributed by atoms with E-state index in [-0.39, 0.29) is 0 Å². The largest absolute Gasteiger partial charge is 0.298 e. The van der Waals surface area contributed by atoms with Crippen molar-refractivity contribution < 1.29 is 8.42 Å². The minimum Gasteiger partial charge on any atom is -0.298 e. The zero-order valence-electron chi connectivity index (χ0n) is 12.6. The van der Waals surface area contributed by atoms with Gasteiger partial charge in [-0.3, -0.25) is 9.80 Å². The second-order valence-electron chi connectivity index (χ2n) is 6.21. The van der Waals surface area contributed by atoms with Gasteiger partial charge in [0.1, 0.15) is 0 Å². The van der Waals surface area contributed by atoms with Crippen LogP contribution in [0.25, 0.3) is 0 Å². The highest BCUT2D eigenvalue weighted by molar-refractivity contribution is 7.91. The fraction of sp³-hybridized carbons (Fsp3) is 0.733. The van der Waals surface area contributed by atoms with Crippen LogP contribution in [0.4, 0.5) is 0 Å². The molecule has 1 aromatic rings. The van der Waals surface area contributed by atoms with E-state index in [9.17, 15) is 8.42 Å². The molecule has 0 spiro atoms. The summed E-state index contributed by atoms with van der Waals surface area (Å²) in [5, 5.41) is 0. The number of piperidine rings is 1. The first-order valence-electron chi connectivity index (χ1n) is 7.74. The SMILES string of the molecule is Cc1ccc(CN2CCC(N3CCS(=O)(=O)CC3)CC2)s1. The Morgan fingerprint density at radius 3 is 2.38 bits per heavy atom. The topological polar surface area (TPSA) is 40.6 Å². The van der Waals surface area contributed by atoms with E-state index >= 15 is 0 Å². The predicted molar refractivity (Wildman–Crippen MR) is 87.6 cm³/mol. The normalized spacial score (nSPS) is 25.2. The summed E-state index contributed by atoms with van der Waals surface area (Å²) in [7, 11) is -2.75. The van der Waals surface area contributed by atoms with E-state index in [4.69, 9.17) is 0 Å². The molecule has 0 aliphatic carbocycles. The van der Waals surface area contributed by atoms with Crippen molar-refractivity contribution in [1.82, 2.24) is 9.80 Å². The summed E-state index contributed by atoms with van der Waals surface area (Å²) >= 11 is 1.89. The Morgan fingerprint density at radius 1 is 1.14 bits per heavy atom. The number of sulfone groups is 1. The molecular weight excluding hydrogens is 304 g/mol. The van der Waals surface area contributed by atoms with E-state index < -0.39 is 9.84 Å². The van der Waals surface area contributed by atoms with Gasteiger partial charge >= 0.3 is 0 Å². The van der Waals surface area contributed by atoms with Crippen molar-refractivity contribution in [2.24, 2.45) is 0 Å². The molecule has 21 heavy (non-hydrogen) atoms. The molecule has 0 saturated carbocycles. The second-order valence-corrected chi connectivity index (χ2v) is 9.88. The lowest BCUT2D eigenvalue weighted by Gasteiger charge is -2.39. The highest BCUT2D eigenvalue weighted by Gasteiger charge is 2.29. The second kappa shape index (κ2) is 6.36. The van der Waals surface area contributed by atoms with Gasteiger partial charge in [0.15, 0.2) is 9.84 Å². The van der Waals surface area contributed by atoms with Gasteiger partial charge in [-0.1, -0.05) is 0 Å². The van der Waals surface area contributed by atoms with Crippen molar-refractivity contribution in [3.63, 3.8) is 0 Å². The van der Waals surface area contributed by atoms with E-state index in [1.807, 2.05) is 11.3 Å². The average Bonchev–Trinajstić information content (AvgIpc) is 2.85. The highest BCUT2D eigenvalue weighted by atomic mass is 32.2. The van der Waals surface area contributed by atoms with Crippen LogP contribution in [-0.2, 0) is 16.4 Å². The number of aryl methyl sites for hydroxylation is 1. The Bertz CT molecular complexity index is 560. The van der Waals surface area contributed by atoms with Gasteiger partial charge in [-0.15, -0.1) is 11.3 Å². The van der Waals surface area contributed by atoms with Crippen LogP contribution in [0.2, 0.25) is 0 Å². The molecule has 0 bridgehead atoms. The van der Waals surface area contributed by atoms with E-state index in [1.165, 1.54) is 22.6 Å². The van der Waals surface area contributed by atoms with E-state index in [2.05, 4.69) is 28.9 Å². The van der Waals surface area contributed by atoms with Gasteiger partial charge in [-0.25, -0.2) is 8.42 Å². The summed E-state index contributed by atoms with van der Waals surface area (Å²) in [6.45, 7) is 6.95. The van der Waals surface area contributed by atoms with Crippen molar-refractivity contribution in [3.05, 3.63) is 21.9 Å². The highest BCUT2D eigenvalue weighted by Crippen LogP contribution is 2.22. The summed E-state index contributed by atoms with van der Waals surface area (Å²) in [5.74, 6) is 0.698. The van der Waals surface area contributed by atoms with Crippen molar-refractivity contribution in [2.75, 3.05) is 37.7 Å². The lowest BCUT2D eigenvalue weighted by atomic mass is 10.0. The molecule has 0 aromatic carbocycles. The van der Waals surface area contributed by atoms with Crippen LogP contribution in [0, 0.1) is 6.92 Å². The standard InChI is InChI=1S/C15H24N2O2S2/c1-13-2-3-15(20-13)12-16-6-4-14(5-7-16)17-8-10-21(18,19)11-9-17/h2-3,14H,4-12H2,1H3. The summed E-state index contributed by atoms with van der Waals surface area (Å²) < 4.78 is 23.0. The van der Waals surface area contributed by atoms with Gasteiger partial charge in [0.2, 0.25) is 0 Å². The van der Waals surface area contributed by atoms with Crippen molar-refractivity contribution in [1.29, 1.82) is 0 Å². The Kier molecular flexibility index (Phi) is 4.69. The van der Waals surface area contributed by atoms with Crippen LogP contribution in [0.5, 0.6) is 0 Å². The first-order chi connectivity index (χ1) is 10.0. The van der Waals surface area contributed by atoms with Gasteiger partial charge in [0, 0.05) is 48.5 Å². The van der Waals surface area contributed by atoms with Crippen LogP contribution >= 0.6 is 11.3 Å². The summed E-state index contributed by atoms with van der Waals surface area (Å²) in [4.78, 5) is 7.76. The third-order valence-electron chi connectivity index (χ3n) is 4.63. The van der Waals surface area contributed by atoms with Crippen LogP contribution in [0.3, 0.4) is 0 Å². The molecule has 3 heterocycles. The molecule has 0 radical (unpaired) electrons. The quantitative estimate of drug-likeness (QED) is 0.848. The van der Waals surface area contributed by atoms with E-state index in [0.717, 1.165) is 32.7 Å². The number of rotatable bonds is 3. The van der Waals surface area contributed by atoms with Gasteiger partial charge in [0.25, 0.3) is 0 Å². The van der Waals surface area contributed by atoms with Crippen LogP contribution < -0.4 is 0 Å². The van der Waals surface area contributed by atoms with Crippen LogP contribution in [0.1, 0.15) is 22.6 Å². The maximum Gasteiger partial charge on any atom is 0.152 e. The third-order valence-corrected chi connectivity index (χ3v) is 7.22. The van der Waals surface area contributed by atoms with Gasteiger partial charge in [-0.05, 0) is 31.9 Å². The van der Waals surface area contributed by atoms with Gasteiger partial charge < -0.3 is 0 Å². The minimum absolute atomic E-state index is 0.349. The molecule has 2 aliphatic heterocycles. The molecular formula is C15H24N2O2S2. The van der Waals surface area contributed by atoms with Crippen molar-refractivity contribution >= 4 is 21.2 Å². The number of nitrogens with zero attached hydrogens (tertiary/aromatic N) is 2. The molecule has 4 nitrogen and oxygen atoms in total. The molecule has 2 fully saturated rings. The molecule has 2 saturated heterocycles. The number of thiophene rings is 1. The first kappa shape index (κ1) is 15.5. The number of hydrogen-bond donors (Lipinski definition) is 0. The zero-order valence-corrected chi connectivity index (χ0v) is 14.3. The lowest BCUT2D eigenvalue weighted by molar-refractivity contribution is 0.112. The van der Waals surface area contributed by atoms with Crippen molar-refractivity contribution in [2.45, 2.75) is 32.4 Å². The fourth-order valence-corrected chi connectivity index (χ4v) is 5.49. The molecule has 118 valence electrons. The summed E-state index contributed by atoms with van der Waals surface area (Å²) in [6, 6.07) is 5.02. The number of hydrogen-bond acceptors (Lipinski definition) is 5. The lowest BCUT2D eigenvalue weighted by Crippen LogP contribution is -2.50. The first-order valence-corrected chi connectivity index (χ1v) is 10.4. The van der Waals surface area contributed by atoms with Gasteiger partial charge in [0.05, 0.1) is 11.5 Å². The molecule has 0 amide bonds. The monoisotopic (exact) mass is 328 g/mol. The minimum atomic E-state index is -2.75. The summed E-state index contributed by atoms with van der Waals surface area (Å²) in [5.41, 5.74) is 0. The Hall–Kier alpha value is -0.430. The van der Waals surface area contributed by atoms with Crippen LogP contribution in [0.15, 0.2) is 12.1 Å². The molecule has 0 unspecified atom stereocenters. The molecule has 6 heteroatoms. The maximum atomic E-state index is 11.5. The van der Waals surface area contributed by atoms with Gasteiger partial charge in [-0.2, -0.15) is 0 Å². The molecule has 2 aliphatic rings. The van der Waals surface area contributed by atoms with Crippen LogP contribution in [-0.4, -0.2) is 61.9 Å². The number of likely N-dealkylation sites (tertiary alicyclic amines) is 1. The third kappa shape index (κ3) is 4.06. The van der Waals surface area contributed by atoms with E-state index in [1.54, 1.807) is 0 Å². The molecule has 3 rings (SSSR count). The van der Waals surface area contributed by atoms with E-state index in [0.29, 0.717) is 17.5 Å². The smallest absolute Gasteiger partial charge is 0.152 e. The molecule has 1 aromatic heterocycles. The fourth-order valence-electron chi connectivity index (χ4n) is 3.32. The zero-order chi connectivity index (χ0) is 14.9. The Balaban J connectivity index is 1.47. The van der Waals surface area contributed by atoms with Crippen molar-refractivity contribution in [3.8, 4) is 0 Å².